The van der Waals surface area contributed by atoms with Gasteiger partial charge >= 0.3 is 0 Å². The van der Waals surface area contributed by atoms with Crippen LogP contribution in [0.4, 0.5) is 0 Å². The summed E-state index contributed by atoms with van der Waals surface area (Å²) in [5.41, 5.74) is 12.0. The highest BCUT2D eigenvalue weighted by molar-refractivity contribution is 5.93. The summed E-state index contributed by atoms with van der Waals surface area (Å²) in [4.78, 5) is 11.1. The molecule has 0 unspecified atom stereocenters. The third kappa shape index (κ3) is 3.49. The van der Waals surface area contributed by atoms with Crippen LogP contribution in [0.2, 0.25) is 0 Å². The maximum absolute atomic E-state index is 11.1. The van der Waals surface area contributed by atoms with Crippen LogP contribution in [0.25, 0.3) is 0 Å². The summed E-state index contributed by atoms with van der Waals surface area (Å²) in [6.07, 6.45) is 1.66. The number of hydrogen-bond donors (Lipinski definition) is 2. The van der Waals surface area contributed by atoms with Crippen molar-refractivity contribution >= 4 is 5.91 Å². The molecule has 0 aromatic carbocycles. The molecule has 0 radical (unpaired) electrons. The van der Waals surface area contributed by atoms with Crippen LogP contribution in [0, 0.1) is 5.41 Å². The van der Waals surface area contributed by atoms with Crippen molar-refractivity contribution in [3.63, 3.8) is 0 Å². The molecule has 3 heteroatoms. The Morgan fingerprint density at radius 1 is 1.23 bits per heavy atom. The molecule has 76 valence electrons. The molecule has 0 aliphatic rings. The quantitative estimate of drug-likeness (QED) is 0.653. The predicted octanol–water partition coefficient (Wildman–Crippen LogP) is 1.53. The average Bonchev–Trinajstić information content (AvgIpc) is 1.82. The van der Waals surface area contributed by atoms with Crippen LogP contribution in [0.3, 0.4) is 0 Å². The van der Waals surface area contributed by atoms with Gasteiger partial charge in [-0.25, -0.2) is 0 Å². The normalized spacial score (nSPS) is 13.8. The van der Waals surface area contributed by atoms with Gasteiger partial charge < -0.3 is 11.5 Å². The molecule has 0 atom stereocenters. The predicted molar refractivity (Wildman–Crippen MR) is 54.8 cm³/mol. The molecule has 3 nitrogen and oxygen atoms in total. The SMILES string of the molecule is CCCC(N)=C(C(N)=O)C(C)(C)C. The van der Waals surface area contributed by atoms with Crippen LogP contribution in [0.1, 0.15) is 40.5 Å². The number of amides is 1. The van der Waals surface area contributed by atoms with Gasteiger partial charge in [0.1, 0.15) is 0 Å². The molecule has 0 aromatic rings. The molecule has 13 heavy (non-hydrogen) atoms. The molecule has 1 amide bonds. The van der Waals surface area contributed by atoms with Gasteiger partial charge in [0.05, 0.1) is 0 Å². The number of nitrogens with two attached hydrogens (primary N) is 2. The van der Waals surface area contributed by atoms with Crippen LogP contribution in [-0.4, -0.2) is 5.91 Å². The third-order valence-corrected chi connectivity index (χ3v) is 1.84. The monoisotopic (exact) mass is 184 g/mol. The Hall–Kier alpha value is -0.990. The van der Waals surface area contributed by atoms with E-state index in [9.17, 15) is 4.79 Å². The minimum absolute atomic E-state index is 0.259. The Kier molecular flexibility index (Phi) is 3.98. The van der Waals surface area contributed by atoms with E-state index in [1.54, 1.807) is 0 Å². The molecule has 0 heterocycles. The van der Waals surface area contributed by atoms with Crippen molar-refractivity contribution in [3.8, 4) is 0 Å². The van der Waals surface area contributed by atoms with Gasteiger partial charge in [-0.15, -0.1) is 0 Å². The highest BCUT2D eigenvalue weighted by Crippen LogP contribution is 2.27. The largest absolute Gasteiger partial charge is 0.402 e. The minimum Gasteiger partial charge on any atom is -0.402 e. The van der Waals surface area contributed by atoms with Gasteiger partial charge in [-0.3, -0.25) is 4.79 Å². The van der Waals surface area contributed by atoms with Crippen LogP contribution < -0.4 is 11.5 Å². The van der Waals surface area contributed by atoms with E-state index in [4.69, 9.17) is 11.5 Å². The fourth-order valence-corrected chi connectivity index (χ4v) is 1.40. The van der Waals surface area contributed by atoms with Gasteiger partial charge in [0.25, 0.3) is 0 Å². The van der Waals surface area contributed by atoms with E-state index in [0.29, 0.717) is 11.3 Å². The average molecular weight is 184 g/mol. The Morgan fingerprint density at radius 2 is 1.69 bits per heavy atom. The topological polar surface area (TPSA) is 69.1 Å². The van der Waals surface area contributed by atoms with E-state index in [1.165, 1.54) is 0 Å². The summed E-state index contributed by atoms with van der Waals surface area (Å²) in [5, 5.41) is 0. The summed E-state index contributed by atoms with van der Waals surface area (Å²) < 4.78 is 0. The first-order valence-electron chi connectivity index (χ1n) is 4.59. The van der Waals surface area contributed by atoms with Gasteiger partial charge in [-0.1, -0.05) is 34.1 Å². The van der Waals surface area contributed by atoms with Crippen LogP contribution in [0.15, 0.2) is 11.3 Å². The van der Waals surface area contributed by atoms with Crippen molar-refractivity contribution in [1.82, 2.24) is 0 Å². The minimum atomic E-state index is -0.404. The summed E-state index contributed by atoms with van der Waals surface area (Å²) >= 11 is 0. The van der Waals surface area contributed by atoms with E-state index >= 15 is 0 Å². The molecule has 0 spiro atoms. The second kappa shape index (κ2) is 4.30. The Bertz CT molecular complexity index is 224. The number of carbonyl (C=O) groups is 1. The third-order valence-electron chi connectivity index (χ3n) is 1.84. The van der Waals surface area contributed by atoms with E-state index in [0.717, 1.165) is 12.8 Å². The number of hydrogen-bond acceptors (Lipinski definition) is 2. The molecule has 0 aliphatic carbocycles. The lowest BCUT2D eigenvalue weighted by molar-refractivity contribution is -0.115. The van der Waals surface area contributed by atoms with Gasteiger partial charge in [0, 0.05) is 11.3 Å². The molecule has 0 fully saturated rings. The van der Waals surface area contributed by atoms with Gasteiger partial charge in [0.2, 0.25) is 5.91 Å². The van der Waals surface area contributed by atoms with Crippen LogP contribution in [0.5, 0.6) is 0 Å². The Labute approximate surface area is 80.2 Å². The molecular formula is C10H20N2O. The van der Waals surface area contributed by atoms with Gasteiger partial charge in [-0.05, 0) is 11.8 Å². The first-order valence-corrected chi connectivity index (χ1v) is 4.59. The number of allylic oxidation sites excluding steroid dienone is 1. The van der Waals surface area contributed by atoms with Gasteiger partial charge in [-0.2, -0.15) is 0 Å². The number of rotatable bonds is 3. The molecule has 0 saturated heterocycles. The molecule has 4 N–H and O–H groups in total. The second-order valence-corrected chi connectivity index (χ2v) is 4.26. The fraction of sp³-hybridized carbons (Fsp3) is 0.700. The van der Waals surface area contributed by atoms with Crippen LogP contribution in [-0.2, 0) is 4.79 Å². The van der Waals surface area contributed by atoms with Crippen molar-refractivity contribution < 1.29 is 4.79 Å². The molecule has 0 aromatic heterocycles. The van der Waals surface area contributed by atoms with E-state index in [1.807, 2.05) is 27.7 Å². The lowest BCUT2D eigenvalue weighted by atomic mass is 9.84. The first kappa shape index (κ1) is 12.0. The van der Waals surface area contributed by atoms with Crippen LogP contribution >= 0.6 is 0 Å². The highest BCUT2D eigenvalue weighted by atomic mass is 16.1. The maximum Gasteiger partial charge on any atom is 0.246 e. The summed E-state index contributed by atoms with van der Waals surface area (Å²) in [5.74, 6) is -0.404. The Balaban J connectivity index is 5.01. The summed E-state index contributed by atoms with van der Waals surface area (Å²) in [6.45, 7) is 7.84. The standard InChI is InChI=1S/C10H20N2O/c1-5-6-7(11)8(9(12)13)10(2,3)4/h5-6,11H2,1-4H3,(H2,12,13). The van der Waals surface area contributed by atoms with E-state index < -0.39 is 5.91 Å². The molecule has 0 aliphatic heterocycles. The van der Waals surface area contributed by atoms with E-state index in [-0.39, 0.29) is 5.41 Å². The van der Waals surface area contributed by atoms with Crippen molar-refractivity contribution in [3.05, 3.63) is 11.3 Å². The van der Waals surface area contributed by atoms with Crippen molar-refractivity contribution in [2.24, 2.45) is 16.9 Å². The summed E-state index contributed by atoms with van der Waals surface area (Å²) in [6, 6.07) is 0. The first-order chi connectivity index (χ1) is 5.80. The van der Waals surface area contributed by atoms with E-state index in [2.05, 4.69) is 0 Å². The molecule has 0 saturated carbocycles. The second-order valence-electron chi connectivity index (χ2n) is 4.26. The maximum atomic E-state index is 11.1. The van der Waals surface area contributed by atoms with Crippen molar-refractivity contribution in [2.45, 2.75) is 40.5 Å². The highest BCUT2D eigenvalue weighted by Gasteiger charge is 2.24. The zero-order chi connectivity index (χ0) is 10.6. The number of carbonyl (C=O) groups excluding carboxylic acids is 1. The lowest BCUT2D eigenvalue weighted by Crippen LogP contribution is -2.28. The van der Waals surface area contributed by atoms with Gasteiger partial charge in [0.15, 0.2) is 0 Å². The Morgan fingerprint density at radius 3 is 1.92 bits per heavy atom. The zero-order valence-corrected chi connectivity index (χ0v) is 8.98. The number of primary amides is 1. The molecule has 0 bridgehead atoms. The fourth-order valence-electron chi connectivity index (χ4n) is 1.40. The lowest BCUT2D eigenvalue weighted by Gasteiger charge is -2.22. The summed E-state index contributed by atoms with van der Waals surface area (Å²) in [7, 11) is 0. The smallest absolute Gasteiger partial charge is 0.246 e. The van der Waals surface area contributed by atoms with Crippen molar-refractivity contribution in [2.75, 3.05) is 0 Å². The zero-order valence-electron chi connectivity index (χ0n) is 8.98. The molecule has 0 rings (SSSR count). The molecular weight excluding hydrogens is 164 g/mol. The van der Waals surface area contributed by atoms with Crippen molar-refractivity contribution in [1.29, 1.82) is 0 Å².